The van der Waals surface area contributed by atoms with Crippen LogP contribution in [0.15, 0.2) is 23.2 Å². The van der Waals surface area contributed by atoms with E-state index in [0.29, 0.717) is 15.7 Å². The summed E-state index contributed by atoms with van der Waals surface area (Å²) in [6.45, 7) is 3.70. The molecule has 0 unspecified atom stereocenters. The Balaban J connectivity index is 2.34. The Morgan fingerprint density at radius 1 is 1.09 bits per heavy atom. The number of nitrogens with zero attached hydrogens (tertiary/aromatic N) is 3. The van der Waals surface area contributed by atoms with E-state index in [4.69, 9.17) is 23.2 Å². The lowest BCUT2D eigenvalue weighted by molar-refractivity contribution is -0.145. The summed E-state index contributed by atoms with van der Waals surface area (Å²) in [5.74, 6) is -2.33. The molecule has 8 heteroatoms. The molecule has 1 aromatic rings. The zero-order chi connectivity index (χ0) is 17.1. The monoisotopic (exact) mass is 355 g/mol. The summed E-state index contributed by atoms with van der Waals surface area (Å²) in [5.41, 5.74) is 0.350. The van der Waals surface area contributed by atoms with Gasteiger partial charge in [-0.05, 0) is 32.0 Å². The molecule has 1 heterocycles. The third-order valence-corrected chi connectivity index (χ3v) is 3.98. The minimum absolute atomic E-state index is 0.184. The van der Waals surface area contributed by atoms with Crippen molar-refractivity contribution in [1.29, 1.82) is 0 Å². The number of amides is 4. The van der Waals surface area contributed by atoms with Gasteiger partial charge >= 0.3 is 6.03 Å². The van der Waals surface area contributed by atoms with Crippen molar-refractivity contribution in [1.82, 2.24) is 9.80 Å². The average molecular weight is 356 g/mol. The molecule has 0 bridgehead atoms. The van der Waals surface area contributed by atoms with E-state index in [9.17, 15) is 14.4 Å². The van der Waals surface area contributed by atoms with Crippen LogP contribution in [0.1, 0.15) is 13.8 Å². The number of carbonyl (C=O) groups is 3. The fourth-order valence-corrected chi connectivity index (χ4v) is 2.56. The smallest absolute Gasteiger partial charge is 0.273 e. The SMILES string of the molecule is CCN1C(=O)C(C=Nc2cc(Cl)ccc2Cl)C(=O)N(CC)C1=O. The lowest BCUT2D eigenvalue weighted by Gasteiger charge is -2.34. The van der Waals surface area contributed by atoms with E-state index in [1.165, 1.54) is 12.3 Å². The number of rotatable bonds is 4. The van der Waals surface area contributed by atoms with Crippen LogP contribution in [0.5, 0.6) is 0 Å². The maximum absolute atomic E-state index is 12.3. The lowest BCUT2D eigenvalue weighted by atomic mass is 10.1. The highest BCUT2D eigenvalue weighted by molar-refractivity contribution is 6.35. The Morgan fingerprint density at radius 2 is 1.65 bits per heavy atom. The molecule has 0 spiro atoms. The first kappa shape index (κ1) is 17.4. The third kappa shape index (κ3) is 3.38. The predicted molar refractivity (Wildman–Crippen MR) is 88.3 cm³/mol. The first-order chi connectivity index (χ1) is 10.9. The van der Waals surface area contributed by atoms with Crippen molar-refractivity contribution in [2.45, 2.75) is 13.8 Å². The van der Waals surface area contributed by atoms with E-state index in [0.717, 1.165) is 9.80 Å². The van der Waals surface area contributed by atoms with Gasteiger partial charge in [0.25, 0.3) is 0 Å². The Morgan fingerprint density at radius 3 is 2.17 bits per heavy atom. The van der Waals surface area contributed by atoms with E-state index in [1.807, 2.05) is 0 Å². The molecule has 0 N–H and O–H groups in total. The maximum Gasteiger partial charge on any atom is 0.333 e. The van der Waals surface area contributed by atoms with Crippen LogP contribution in [0.2, 0.25) is 10.0 Å². The predicted octanol–water partition coefficient (Wildman–Crippen LogP) is 3.14. The number of aliphatic imine (C=N–C) groups is 1. The van der Waals surface area contributed by atoms with Gasteiger partial charge in [-0.3, -0.25) is 24.4 Å². The molecule has 0 atom stereocenters. The van der Waals surface area contributed by atoms with Crippen molar-refractivity contribution in [2.75, 3.05) is 13.1 Å². The number of barbiturate groups is 1. The minimum Gasteiger partial charge on any atom is -0.273 e. The van der Waals surface area contributed by atoms with Crippen molar-refractivity contribution in [3.8, 4) is 0 Å². The van der Waals surface area contributed by atoms with Gasteiger partial charge in [0.15, 0.2) is 5.92 Å². The Hall–Kier alpha value is -1.92. The number of urea groups is 1. The minimum atomic E-state index is -1.15. The van der Waals surface area contributed by atoms with E-state index in [1.54, 1.807) is 26.0 Å². The number of benzene rings is 1. The molecule has 0 aromatic heterocycles. The Bertz CT molecular complexity index is 665. The quantitative estimate of drug-likeness (QED) is 0.615. The van der Waals surface area contributed by atoms with Gasteiger partial charge in [-0.25, -0.2) is 4.79 Å². The summed E-state index contributed by atoms with van der Waals surface area (Å²) in [6.07, 6.45) is 1.21. The zero-order valence-corrected chi connectivity index (χ0v) is 14.1. The number of hydrogen-bond acceptors (Lipinski definition) is 4. The molecule has 1 fully saturated rings. The third-order valence-electron chi connectivity index (χ3n) is 3.43. The van der Waals surface area contributed by atoms with Crippen LogP contribution in [0.3, 0.4) is 0 Å². The van der Waals surface area contributed by atoms with Crippen LogP contribution in [0, 0.1) is 5.92 Å². The first-order valence-electron chi connectivity index (χ1n) is 7.06. The number of carbonyl (C=O) groups excluding carboxylic acids is 3. The normalized spacial score (nSPS) is 16.8. The lowest BCUT2D eigenvalue weighted by Crippen LogP contribution is -2.59. The molecule has 4 amide bonds. The largest absolute Gasteiger partial charge is 0.333 e. The molecule has 6 nitrogen and oxygen atoms in total. The topological polar surface area (TPSA) is 70.1 Å². The Kier molecular flexibility index (Phi) is 5.38. The molecular weight excluding hydrogens is 341 g/mol. The van der Waals surface area contributed by atoms with E-state index >= 15 is 0 Å². The van der Waals surface area contributed by atoms with Crippen molar-refractivity contribution in [3.05, 3.63) is 28.2 Å². The molecule has 1 saturated heterocycles. The number of halogens is 2. The second kappa shape index (κ2) is 7.10. The molecule has 1 aliphatic heterocycles. The average Bonchev–Trinajstić information content (AvgIpc) is 2.51. The van der Waals surface area contributed by atoms with Gasteiger partial charge in [-0.1, -0.05) is 23.2 Å². The maximum atomic E-state index is 12.3. The summed E-state index contributed by atoms with van der Waals surface area (Å²) in [4.78, 5) is 42.9. The van der Waals surface area contributed by atoms with Gasteiger partial charge in [0, 0.05) is 24.3 Å². The van der Waals surface area contributed by atoms with Gasteiger partial charge < -0.3 is 0 Å². The summed E-state index contributed by atoms with van der Waals surface area (Å²) in [7, 11) is 0. The summed E-state index contributed by atoms with van der Waals surface area (Å²) < 4.78 is 0. The first-order valence-corrected chi connectivity index (χ1v) is 7.82. The van der Waals surface area contributed by atoms with Crippen LogP contribution in [0.4, 0.5) is 10.5 Å². The van der Waals surface area contributed by atoms with Crippen LogP contribution < -0.4 is 0 Å². The van der Waals surface area contributed by atoms with Crippen molar-refractivity contribution in [3.63, 3.8) is 0 Å². The van der Waals surface area contributed by atoms with E-state index in [-0.39, 0.29) is 13.1 Å². The summed E-state index contributed by atoms with van der Waals surface area (Å²) in [6, 6.07) is 4.10. The summed E-state index contributed by atoms with van der Waals surface area (Å²) in [5, 5.41) is 0.778. The van der Waals surface area contributed by atoms with E-state index in [2.05, 4.69) is 4.99 Å². The molecular formula is C15H15Cl2N3O3. The molecule has 0 saturated carbocycles. The van der Waals surface area contributed by atoms with Crippen LogP contribution in [-0.4, -0.2) is 46.9 Å². The molecule has 0 radical (unpaired) electrons. The highest BCUT2D eigenvalue weighted by Crippen LogP contribution is 2.28. The molecule has 1 aromatic carbocycles. The molecule has 122 valence electrons. The second-order valence-corrected chi connectivity index (χ2v) is 5.64. The van der Waals surface area contributed by atoms with Gasteiger partial charge in [-0.15, -0.1) is 0 Å². The second-order valence-electron chi connectivity index (χ2n) is 4.80. The molecule has 2 rings (SSSR count). The highest BCUT2D eigenvalue weighted by atomic mass is 35.5. The van der Waals surface area contributed by atoms with Crippen LogP contribution in [-0.2, 0) is 9.59 Å². The van der Waals surface area contributed by atoms with Crippen molar-refractivity contribution in [2.24, 2.45) is 10.9 Å². The fourth-order valence-electron chi connectivity index (χ4n) is 2.22. The standard InChI is InChI=1S/C15H15Cl2N3O3/c1-3-19-13(21)10(14(22)20(4-2)15(19)23)8-18-12-7-9(16)5-6-11(12)17/h5-8,10H,3-4H2,1-2H3. The number of hydrogen-bond donors (Lipinski definition) is 0. The van der Waals surface area contributed by atoms with Crippen LogP contribution >= 0.6 is 23.2 Å². The zero-order valence-electron chi connectivity index (χ0n) is 12.6. The molecule has 0 aliphatic carbocycles. The highest BCUT2D eigenvalue weighted by Gasteiger charge is 2.43. The van der Waals surface area contributed by atoms with Gasteiger partial charge in [-0.2, -0.15) is 0 Å². The van der Waals surface area contributed by atoms with Gasteiger partial charge in [0.1, 0.15) is 0 Å². The molecule has 23 heavy (non-hydrogen) atoms. The molecule has 1 aliphatic rings. The van der Waals surface area contributed by atoms with Gasteiger partial charge in [0.05, 0.1) is 10.7 Å². The van der Waals surface area contributed by atoms with E-state index < -0.39 is 23.8 Å². The van der Waals surface area contributed by atoms with Gasteiger partial charge in [0.2, 0.25) is 11.8 Å². The number of imide groups is 2. The Labute approximate surface area is 143 Å². The van der Waals surface area contributed by atoms with Crippen LogP contribution in [0.25, 0.3) is 0 Å². The van der Waals surface area contributed by atoms with Crippen molar-refractivity contribution < 1.29 is 14.4 Å². The summed E-state index contributed by atoms with van der Waals surface area (Å²) >= 11 is 11.9. The van der Waals surface area contributed by atoms with Crippen molar-refractivity contribution >= 4 is 52.9 Å². The fraction of sp³-hybridized carbons (Fsp3) is 0.333.